The molecule has 0 unspecified atom stereocenters. The minimum absolute atomic E-state index is 0.523. The van der Waals surface area contributed by atoms with E-state index in [1.54, 1.807) is 0 Å². The van der Waals surface area contributed by atoms with Crippen molar-refractivity contribution in [1.82, 2.24) is 4.98 Å². The van der Waals surface area contributed by atoms with E-state index >= 15 is 0 Å². The summed E-state index contributed by atoms with van der Waals surface area (Å²) in [6.07, 6.45) is 9.46. The lowest BCUT2D eigenvalue weighted by atomic mass is 9.72. The molecule has 0 atom stereocenters. The van der Waals surface area contributed by atoms with Gasteiger partial charge in [-0.2, -0.15) is 0 Å². The molecule has 1 aromatic heterocycles. The van der Waals surface area contributed by atoms with Gasteiger partial charge in [-0.1, -0.05) is 37.5 Å². The average molecular weight is 280 g/mol. The Bertz CT molecular complexity index is 669. The minimum atomic E-state index is 0.523. The second-order valence-corrected chi connectivity index (χ2v) is 6.87. The zero-order chi connectivity index (χ0) is 14.3. The molecule has 2 aromatic rings. The zero-order valence-electron chi connectivity index (χ0n) is 12.9. The second kappa shape index (κ2) is 5.01. The molecule has 2 heteroatoms. The molecule has 2 aliphatic carbocycles. The standard InChI is InChI=1S/C19H24N2/c1-2-20-18-14-8-4-5-9-16(14)21-17-13-19(12-15(17)18)10-6-3-7-11-19/h4-5,8-9H,2-3,6-7,10-13H2,1H3,(H,20,21). The van der Waals surface area contributed by atoms with Gasteiger partial charge in [-0.15, -0.1) is 0 Å². The summed E-state index contributed by atoms with van der Waals surface area (Å²) in [5.41, 5.74) is 5.92. The number of pyridine rings is 1. The summed E-state index contributed by atoms with van der Waals surface area (Å²) >= 11 is 0. The molecule has 1 fully saturated rings. The maximum atomic E-state index is 5.01. The Labute approximate surface area is 127 Å². The largest absolute Gasteiger partial charge is 0.384 e. The van der Waals surface area contributed by atoms with Crippen molar-refractivity contribution >= 4 is 16.6 Å². The third-order valence-electron chi connectivity index (χ3n) is 5.44. The lowest BCUT2D eigenvalue weighted by molar-refractivity contribution is 0.202. The predicted octanol–water partition coefficient (Wildman–Crippen LogP) is 4.72. The van der Waals surface area contributed by atoms with Crippen molar-refractivity contribution in [3.8, 4) is 0 Å². The molecular weight excluding hydrogens is 256 g/mol. The Morgan fingerprint density at radius 3 is 2.71 bits per heavy atom. The van der Waals surface area contributed by atoms with Crippen LogP contribution in [0.5, 0.6) is 0 Å². The molecule has 1 spiro atoms. The summed E-state index contributed by atoms with van der Waals surface area (Å²) in [7, 11) is 0. The lowest BCUT2D eigenvalue weighted by Crippen LogP contribution is -2.24. The fourth-order valence-corrected chi connectivity index (χ4v) is 4.47. The molecule has 2 nitrogen and oxygen atoms in total. The molecule has 1 heterocycles. The summed E-state index contributed by atoms with van der Waals surface area (Å²) in [5.74, 6) is 0. The van der Waals surface area contributed by atoms with Crippen molar-refractivity contribution in [2.24, 2.45) is 5.41 Å². The van der Waals surface area contributed by atoms with Gasteiger partial charge in [-0.3, -0.25) is 4.98 Å². The van der Waals surface area contributed by atoms with Gasteiger partial charge in [0.1, 0.15) is 0 Å². The highest BCUT2D eigenvalue weighted by molar-refractivity contribution is 5.93. The normalized spacial score (nSPS) is 19.9. The number of hydrogen-bond donors (Lipinski definition) is 1. The van der Waals surface area contributed by atoms with Crippen LogP contribution in [0.3, 0.4) is 0 Å². The summed E-state index contributed by atoms with van der Waals surface area (Å²) < 4.78 is 0. The number of hydrogen-bond acceptors (Lipinski definition) is 2. The van der Waals surface area contributed by atoms with Crippen molar-refractivity contribution in [3.05, 3.63) is 35.5 Å². The molecule has 0 aliphatic heterocycles. The molecule has 0 radical (unpaired) electrons. The summed E-state index contributed by atoms with van der Waals surface area (Å²) in [6.45, 7) is 3.17. The van der Waals surface area contributed by atoms with Crippen molar-refractivity contribution in [2.75, 3.05) is 11.9 Å². The van der Waals surface area contributed by atoms with E-state index < -0.39 is 0 Å². The van der Waals surface area contributed by atoms with Gasteiger partial charge in [0.15, 0.2) is 0 Å². The average Bonchev–Trinajstić information content (AvgIpc) is 2.85. The fraction of sp³-hybridized carbons (Fsp3) is 0.526. The van der Waals surface area contributed by atoms with Gasteiger partial charge >= 0.3 is 0 Å². The van der Waals surface area contributed by atoms with E-state index in [-0.39, 0.29) is 0 Å². The van der Waals surface area contributed by atoms with Crippen LogP contribution in [0.1, 0.15) is 50.3 Å². The van der Waals surface area contributed by atoms with Crippen molar-refractivity contribution in [1.29, 1.82) is 0 Å². The molecule has 1 saturated carbocycles. The van der Waals surface area contributed by atoms with Crippen LogP contribution in [0.25, 0.3) is 10.9 Å². The molecule has 1 aromatic carbocycles. The van der Waals surface area contributed by atoms with E-state index in [2.05, 4.69) is 36.5 Å². The fourth-order valence-electron chi connectivity index (χ4n) is 4.47. The number of rotatable bonds is 2. The van der Waals surface area contributed by atoms with Gasteiger partial charge in [-0.05, 0) is 49.7 Å². The molecular formula is C19H24N2. The van der Waals surface area contributed by atoms with E-state index in [0.29, 0.717) is 5.41 Å². The van der Waals surface area contributed by atoms with Crippen LogP contribution in [0.2, 0.25) is 0 Å². The minimum Gasteiger partial charge on any atom is -0.384 e. The predicted molar refractivity (Wildman–Crippen MR) is 88.8 cm³/mol. The van der Waals surface area contributed by atoms with E-state index in [9.17, 15) is 0 Å². The van der Waals surface area contributed by atoms with Gasteiger partial charge in [0.25, 0.3) is 0 Å². The SMILES string of the molecule is CCNc1c2c(nc3ccccc13)CC1(CCCCC1)C2. The monoisotopic (exact) mass is 280 g/mol. The van der Waals surface area contributed by atoms with Gasteiger partial charge in [0, 0.05) is 23.3 Å². The van der Waals surface area contributed by atoms with Crippen LogP contribution in [0, 0.1) is 5.41 Å². The van der Waals surface area contributed by atoms with Crippen molar-refractivity contribution < 1.29 is 0 Å². The molecule has 1 N–H and O–H groups in total. The molecule has 0 saturated heterocycles. The van der Waals surface area contributed by atoms with E-state index in [1.807, 2.05) is 0 Å². The summed E-state index contributed by atoms with van der Waals surface area (Å²) in [6, 6.07) is 8.60. The third kappa shape index (κ3) is 2.12. The van der Waals surface area contributed by atoms with Crippen molar-refractivity contribution in [3.63, 3.8) is 0 Å². The molecule has 2 aliphatic rings. The Morgan fingerprint density at radius 1 is 1.10 bits per heavy atom. The van der Waals surface area contributed by atoms with Gasteiger partial charge in [-0.25, -0.2) is 0 Å². The molecule has 0 bridgehead atoms. The van der Waals surface area contributed by atoms with Crippen LogP contribution < -0.4 is 5.32 Å². The molecule has 21 heavy (non-hydrogen) atoms. The van der Waals surface area contributed by atoms with E-state index in [0.717, 1.165) is 12.1 Å². The zero-order valence-corrected chi connectivity index (χ0v) is 12.9. The number of nitrogens with one attached hydrogen (secondary N) is 1. The topological polar surface area (TPSA) is 24.9 Å². The molecule has 0 amide bonds. The summed E-state index contributed by atoms with van der Waals surface area (Å²) in [4.78, 5) is 5.01. The van der Waals surface area contributed by atoms with Crippen LogP contribution in [-0.2, 0) is 12.8 Å². The number of nitrogens with zero attached hydrogens (tertiary/aromatic N) is 1. The number of anilines is 1. The third-order valence-corrected chi connectivity index (χ3v) is 5.44. The first-order valence-corrected chi connectivity index (χ1v) is 8.46. The number of para-hydroxylation sites is 1. The Morgan fingerprint density at radius 2 is 1.90 bits per heavy atom. The van der Waals surface area contributed by atoms with Crippen molar-refractivity contribution in [2.45, 2.75) is 51.9 Å². The first-order chi connectivity index (χ1) is 10.3. The van der Waals surface area contributed by atoms with Crippen LogP contribution in [0.15, 0.2) is 24.3 Å². The Kier molecular flexibility index (Phi) is 3.13. The highest BCUT2D eigenvalue weighted by Crippen LogP contribution is 2.49. The number of fused-ring (bicyclic) bond motifs is 2. The smallest absolute Gasteiger partial charge is 0.0726 e. The highest BCUT2D eigenvalue weighted by Gasteiger charge is 2.40. The first-order valence-electron chi connectivity index (χ1n) is 8.46. The first kappa shape index (κ1) is 13.1. The maximum Gasteiger partial charge on any atom is 0.0726 e. The molecule has 110 valence electrons. The van der Waals surface area contributed by atoms with Gasteiger partial charge < -0.3 is 5.32 Å². The lowest BCUT2D eigenvalue weighted by Gasteiger charge is -2.32. The van der Waals surface area contributed by atoms with E-state index in [1.165, 1.54) is 67.3 Å². The second-order valence-electron chi connectivity index (χ2n) is 6.87. The summed E-state index contributed by atoms with van der Waals surface area (Å²) in [5, 5.41) is 4.93. The Balaban J connectivity index is 1.84. The quantitative estimate of drug-likeness (QED) is 0.861. The van der Waals surface area contributed by atoms with Crippen LogP contribution >= 0.6 is 0 Å². The van der Waals surface area contributed by atoms with Crippen LogP contribution in [-0.4, -0.2) is 11.5 Å². The Hall–Kier alpha value is -1.57. The van der Waals surface area contributed by atoms with Crippen LogP contribution in [0.4, 0.5) is 5.69 Å². The van der Waals surface area contributed by atoms with Gasteiger partial charge in [0.05, 0.1) is 5.52 Å². The number of aromatic nitrogens is 1. The highest BCUT2D eigenvalue weighted by atomic mass is 14.9. The van der Waals surface area contributed by atoms with Gasteiger partial charge in [0.2, 0.25) is 0 Å². The maximum absolute atomic E-state index is 5.01. The number of benzene rings is 1. The molecule has 4 rings (SSSR count). The van der Waals surface area contributed by atoms with E-state index in [4.69, 9.17) is 4.98 Å².